The molecule has 0 bridgehead atoms. The molecule has 0 radical (unpaired) electrons. The molecule has 1 heterocycles. The van der Waals surface area contributed by atoms with Crippen molar-refractivity contribution in [2.75, 3.05) is 0 Å². The van der Waals surface area contributed by atoms with Crippen molar-refractivity contribution >= 4 is 5.91 Å². The lowest BCUT2D eigenvalue weighted by Gasteiger charge is -2.20. The maximum atomic E-state index is 12.1. The highest BCUT2D eigenvalue weighted by atomic mass is 16.5. The monoisotopic (exact) mass is 298 g/mol. The molecule has 1 aliphatic rings. The fraction of sp³-hybridized carbons (Fsp3) is 0.444. The molecule has 1 aromatic heterocycles. The van der Waals surface area contributed by atoms with E-state index < -0.39 is 0 Å². The summed E-state index contributed by atoms with van der Waals surface area (Å²) in [6, 6.07) is 10.0. The number of hydrogen-bond acceptors (Lipinski definition) is 3. The molecule has 1 fully saturated rings. The van der Waals surface area contributed by atoms with Gasteiger partial charge in [0.25, 0.3) is 0 Å². The Morgan fingerprint density at radius 2 is 1.95 bits per heavy atom. The first-order valence-corrected chi connectivity index (χ1v) is 8.03. The molecule has 2 aromatic rings. The average molecular weight is 298 g/mol. The Labute approximate surface area is 130 Å². The summed E-state index contributed by atoms with van der Waals surface area (Å²) in [5.41, 5.74) is 2.98. The summed E-state index contributed by atoms with van der Waals surface area (Å²) in [7, 11) is 0. The van der Waals surface area contributed by atoms with Gasteiger partial charge in [-0.25, -0.2) is 0 Å². The topological polar surface area (TPSA) is 55.1 Å². The van der Waals surface area contributed by atoms with E-state index >= 15 is 0 Å². The summed E-state index contributed by atoms with van der Waals surface area (Å²) in [6.07, 6.45) is 5.62. The highest BCUT2D eigenvalue weighted by Crippen LogP contribution is 2.24. The number of hydrogen-bond donors (Lipinski definition) is 1. The molecule has 1 aliphatic carbocycles. The standard InChI is InChI=1S/C18H22N2O2/c1-13-7-9-14(10-8-13)17-11-16(20-22-17)12-19-18(21)15-5-3-2-4-6-15/h7-11,15H,2-6,12H2,1H3,(H,19,21). The number of carbonyl (C=O) groups excluding carboxylic acids is 1. The highest BCUT2D eigenvalue weighted by Gasteiger charge is 2.21. The first-order valence-electron chi connectivity index (χ1n) is 8.03. The Bertz CT molecular complexity index is 625. The molecule has 1 saturated carbocycles. The maximum absolute atomic E-state index is 12.1. The number of carbonyl (C=O) groups is 1. The molecule has 0 aliphatic heterocycles. The smallest absolute Gasteiger partial charge is 0.223 e. The van der Waals surface area contributed by atoms with E-state index in [-0.39, 0.29) is 11.8 Å². The second-order valence-electron chi connectivity index (χ2n) is 6.10. The molecule has 0 atom stereocenters. The number of nitrogens with zero attached hydrogens (tertiary/aromatic N) is 1. The zero-order valence-corrected chi connectivity index (χ0v) is 13.0. The van der Waals surface area contributed by atoms with Gasteiger partial charge in [-0.3, -0.25) is 4.79 Å². The minimum Gasteiger partial charge on any atom is -0.356 e. The van der Waals surface area contributed by atoms with E-state index in [2.05, 4.69) is 17.4 Å². The Morgan fingerprint density at radius 3 is 2.68 bits per heavy atom. The van der Waals surface area contributed by atoms with Crippen molar-refractivity contribution in [1.29, 1.82) is 0 Å². The van der Waals surface area contributed by atoms with E-state index in [1.807, 2.05) is 30.3 Å². The van der Waals surface area contributed by atoms with Crippen molar-refractivity contribution in [2.24, 2.45) is 5.92 Å². The third-order valence-corrected chi connectivity index (χ3v) is 4.31. The van der Waals surface area contributed by atoms with Crippen LogP contribution in [-0.4, -0.2) is 11.1 Å². The molecule has 0 unspecified atom stereocenters. The van der Waals surface area contributed by atoms with Gasteiger partial charge in [-0.1, -0.05) is 54.2 Å². The third-order valence-electron chi connectivity index (χ3n) is 4.31. The Morgan fingerprint density at radius 1 is 1.23 bits per heavy atom. The largest absolute Gasteiger partial charge is 0.356 e. The van der Waals surface area contributed by atoms with Gasteiger partial charge in [-0.05, 0) is 19.8 Å². The third kappa shape index (κ3) is 3.56. The van der Waals surface area contributed by atoms with Gasteiger partial charge in [0.15, 0.2) is 5.76 Å². The van der Waals surface area contributed by atoms with Crippen molar-refractivity contribution < 1.29 is 9.32 Å². The zero-order valence-electron chi connectivity index (χ0n) is 13.0. The van der Waals surface area contributed by atoms with Crippen LogP contribution in [0, 0.1) is 12.8 Å². The van der Waals surface area contributed by atoms with E-state index in [0.29, 0.717) is 6.54 Å². The van der Waals surface area contributed by atoms with Gasteiger partial charge in [-0.15, -0.1) is 0 Å². The highest BCUT2D eigenvalue weighted by molar-refractivity contribution is 5.78. The van der Waals surface area contributed by atoms with Crippen molar-refractivity contribution in [3.8, 4) is 11.3 Å². The number of aryl methyl sites for hydroxylation is 1. The summed E-state index contributed by atoms with van der Waals surface area (Å²) >= 11 is 0. The summed E-state index contributed by atoms with van der Waals surface area (Å²) < 4.78 is 5.37. The molecule has 0 saturated heterocycles. The van der Waals surface area contributed by atoms with E-state index in [4.69, 9.17) is 4.52 Å². The molecule has 4 nitrogen and oxygen atoms in total. The van der Waals surface area contributed by atoms with Crippen LogP contribution in [0.15, 0.2) is 34.9 Å². The minimum absolute atomic E-state index is 0.152. The first kappa shape index (κ1) is 14.8. The van der Waals surface area contributed by atoms with Crippen LogP contribution >= 0.6 is 0 Å². The molecule has 1 amide bonds. The van der Waals surface area contributed by atoms with Crippen LogP contribution in [0.4, 0.5) is 0 Å². The number of rotatable bonds is 4. The normalized spacial score (nSPS) is 15.7. The minimum atomic E-state index is 0.152. The number of aromatic nitrogens is 1. The molecular formula is C18H22N2O2. The Kier molecular flexibility index (Phi) is 4.56. The maximum Gasteiger partial charge on any atom is 0.223 e. The summed E-state index contributed by atoms with van der Waals surface area (Å²) in [5, 5.41) is 7.02. The van der Waals surface area contributed by atoms with Crippen LogP contribution in [0.1, 0.15) is 43.4 Å². The Balaban J connectivity index is 1.57. The predicted octanol–water partition coefficient (Wildman–Crippen LogP) is 3.85. The van der Waals surface area contributed by atoms with Crippen molar-refractivity contribution in [2.45, 2.75) is 45.6 Å². The van der Waals surface area contributed by atoms with Gasteiger partial charge >= 0.3 is 0 Å². The SMILES string of the molecule is Cc1ccc(-c2cc(CNC(=O)C3CCCCC3)no2)cc1. The zero-order chi connectivity index (χ0) is 15.4. The van der Waals surface area contributed by atoms with E-state index in [1.165, 1.54) is 24.8 Å². The van der Waals surface area contributed by atoms with Crippen LogP contribution in [0.5, 0.6) is 0 Å². The van der Waals surface area contributed by atoms with Crippen LogP contribution in [0.3, 0.4) is 0 Å². The average Bonchev–Trinajstić information content (AvgIpc) is 3.03. The molecule has 4 heteroatoms. The van der Waals surface area contributed by atoms with Crippen LogP contribution in [-0.2, 0) is 11.3 Å². The van der Waals surface area contributed by atoms with Gasteiger partial charge in [0.1, 0.15) is 5.69 Å². The second kappa shape index (κ2) is 6.77. The van der Waals surface area contributed by atoms with Gasteiger partial charge in [0.05, 0.1) is 6.54 Å². The summed E-state index contributed by atoms with van der Waals surface area (Å²) in [5.74, 6) is 1.07. The predicted molar refractivity (Wildman–Crippen MR) is 85.1 cm³/mol. The molecule has 1 N–H and O–H groups in total. The van der Waals surface area contributed by atoms with Crippen molar-refractivity contribution in [1.82, 2.24) is 10.5 Å². The fourth-order valence-electron chi connectivity index (χ4n) is 2.94. The quantitative estimate of drug-likeness (QED) is 0.933. The number of benzene rings is 1. The molecule has 1 aromatic carbocycles. The van der Waals surface area contributed by atoms with Gasteiger partial charge in [0, 0.05) is 17.5 Å². The lowest BCUT2D eigenvalue weighted by molar-refractivity contribution is -0.126. The molecule has 0 spiro atoms. The molecular weight excluding hydrogens is 276 g/mol. The summed E-state index contributed by atoms with van der Waals surface area (Å²) in [6.45, 7) is 2.49. The molecule has 22 heavy (non-hydrogen) atoms. The molecule has 116 valence electrons. The number of amides is 1. The summed E-state index contributed by atoms with van der Waals surface area (Å²) in [4.78, 5) is 12.1. The molecule has 3 rings (SSSR count). The van der Waals surface area contributed by atoms with Gasteiger partial charge in [-0.2, -0.15) is 0 Å². The number of nitrogens with one attached hydrogen (secondary N) is 1. The van der Waals surface area contributed by atoms with Crippen LogP contribution < -0.4 is 5.32 Å². The van der Waals surface area contributed by atoms with Crippen LogP contribution in [0.25, 0.3) is 11.3 Å². The van der Waals surface area contributed by atoms with Crippen LogP contribution in [0.2, 0.25) is 0 Å². The Hall–Kier alpha value is -2.10. The lowest BCUT2D eigenvalue weighted by atomic mass is 9.89. The van der Waals surface area contributed by atoms with Gasteiger partial charge in [0.2, 0.25) is 5.91 Å². The van der Waals surface area contributed by atoms with E-state index in [9.17, 15) is 4.79 Å². The van der Waals surface area contributed by atoms with Crippen molar-refractivity contribution in [3.63, 3.8) is 0 Å². The first-order chi connectivity index (χ1) is 10.7. The van der Waals surface area contributed by atoms with Gasteiger partial charge < -0.3 is 9.84 Å². The van der Waals surface area contributed by atoms with E-state index in [1.54, 1.807) is 0 Å². The fourth-order valence-corrected chi connectivity index (χ4v) is 2.94. The lowest BCUT2D eigenvalue weighted by Crippen LogP contribution is -2.31. The van der Waals surface area contributed by atoms with Crippen molar-refractivity contribution in [3.05, 3.63) is 41.6 Å². The van der Waals surface area contributed by atoms with E-state index in [0.717, 1.165) is 29.9 Å². The second-order valence-corrected chi connectivity index (χ2v) is 6.10.